The number of nitrogens with zero attached hydrogens (tertiary/aromatic N) is 5. The van der Waals surface area contributed by atoms with E-state index in [9.17, 15) is 32.8 Å². The Morgan fingerprint density at radius 2 is 1.63 bits per heavy atom. The Balaban J connectivity index is 0.895. The number of benzene rings is 2. The molecular weight excluding hydrogens is 708 g/mol. The number of carbonyl (C=O) groups excluding carboxylic acids is 1. The molecule has 5 aliphatic rings. The van der Waals surface area contributed by atoms with Crippen LogP contribution in [-0.2, 0) is 20.0 Å². The van der Waals surface area contributed by atoms with E-state index in [0.717, 1.165) is 90.0 Å². The fourth-order valence-electron chi connectivity index (χ4n) is 9.92. The predicted octanol–water partition coefficient (Wildman–Crippen LogP) is 4.90. The van der Waals surface area contributed by atoms with Crippen molar-refractivity contribution in [2.45, 2.75) is 73.0 Å². The van der Waals surface area contributed by atoms with Crippen molar-refractivity contribution in [2.75, 3.05) is 70.3 Å². The van der Waals surface area contributed by atoms with Crippen molar-refractivity contribution in [3.05, 3.63) is 72.1 Å². The zero-order chi connectivity index (χ0) is 38.0. The van der Waals surface area contributed by atoms with Crippen molar-refractivity contribution >= 4 is 27.5 Å². The molecule has 3 atom stereocenters. The summed E-state index contributed by atoms with van der Waals surface area (Å²) >= 11 is 0. The van der Waals surface area contributed by atoms with Gasteiger partial charge in [-0.1, -0.05) is 31.6 Å². The van der Waals surface area contributed by atoms with Crippen molar-refractivity contribution in [1.29, 1.82) is 5.26 Å². The fraction of sp³-hybridized carbons (Fsp3) is 0.585. The lowest BCUT2D eigenvalue weighted by Crippen LogP contribution is -2.57. The number of sulfone groups is 1. The number of amides is 2. The maximum atomic E-state index is 14.6. The van der Waals surface area contributed by atoms with Gasteiger partial charge in [0.25, 0.3) is 5.91 Å². The molecule has 0 bridgehead atoms. The monoisotopic (exact) mass is 760 g/mol. The van der Waals surface area contributed by atoms with Gasteiger partial charge in [-0.2, -0.15) is 5.26 Å². The number of hydrogen-bond donors (Lipinski definition) is 2. The normalized spacial score (nSPS) is 24.6. The van der Waals surface area contributed by atoms with Gasteiger partial charge in [-0.05, 0) is 113 Å². The van der Waals surface area contributed by atoms with Crippen LogP contribution < -0.4 is 10.2 Å². The molecule has 13 heteroatoms. The summed E-state index contributed by atoms with van der Waals surface area (Å²) < 4.78 is 41.3. The molecule has 1 aliphatic carbocycles. The summed E-state index contributed by atoms with van der Waals surface area (Å²) in [5.74, 6) is -0.339. The van der Waals surface area contributed by atoms with E-state index in [-0.39, 0.29) is 47.6 Å². The van der Waals surface area contributed by atoms with Crippen LogP contribution in [0, 0.1) is 34.9 Å². The average Bonchev–Trinajstić information content (AvgIpc) is 3.58. The van der Waals surface area contributed by atoms with E-state index in [1.807, 2.05) is 18.2 Å². The molecule has 0 aromatic heterocycles. The minimum atomic E-state index is -3.56. The first kappa shape index (κ1) is 38.3. The van der Waals surface area contributed by atoms with Crippen molar-refractivity contribution in [3.8, 4) is 6.07 Å². The van der Waals surface area contributed by atoms with Crippen LogP contribution >= 0.6 is 0 Å². The minimum absolute atomic E-state index is 0.0261. The van der Waals surface area contributed by atoms with Gasteiger partial charge < -0.3 is 25.1 Å². The van der Waals surface area contributed by atoms with Gasteiger partial charge in [0.05, 0.1) is 16.4 Å². The van der Waals surface area contributed by atoms with E-state index in [1.54, 1.807) is 23.1 Å². The van der Waals surface area contributed by atoms with Crippen LogP contribution in [0.1, 0.15) is 56.9 Å². The van der Waals surface area contributed by atoms with Gasteiger partial charge in [0.2, 0.25) is 0 Å². The van der Waals surface area contributed by atoms with Crippen LogP contribution in [0.4, 0.5) is 14.9 Å². The average molecular weight is 761 g/mol. The molecule has 0 radical (unpaired) electrons. The van der Waals surface area contributed by atoms with Crippen molar-refractivity contribution in [2.24, 2.45) is 17.8 Å². The van der Waals surface area contributed by atoms with Crippen molar-refractivity contribution < 1.29 is 27.5 Å². The van der Waals surface area contributed by atoms with Gasteiger partial charge in [-0.3, -0.25) is 9.69 Å². The van der Waals surface area contributed by atoms with E-state index >= 15 is 0 Å². The zero-order valence-corrected chi connectivity index (χ0v) is 31.9. The molecule has 2 N–H and O–H groups in total. The highest BCUT2D eigenvalue weighted by Crippen LogP contribution is 2.50. The standard InChI is InChI=1S/C41H53FN6O5S/c1-29(22-45-17-3-2-4-18-45)39(49)48-26-36(27-48)54(52,53)35-13-11-34(12-14-35)47-24-30(25-47)23-46-19-15-31(16-20-46)41(28-43,32-7-5-8-33(42)21-32)37-9-6-10-38(37)44-40(50)51/h5,7-8,11-14,21,30-31,36-38,44H,1-4,6,9-10,15-20,22-27H2,(H,50,51)/t37-,38-,41?/m0/s1. The molecule has 290 valence electrons. The molecule has 5 fully saturated rings. The molecule has 11 nitrogen and oxygen atoms in total. The second kappa shape index (κ2) is 16.0. The van der Waals surface area contributed by atoms with Crippen LogP contribution in [0.5, 0.6) is 0 Å². The number of nitrogens with one attached hydrogen (secondary N) is 1. The second-order valence-corrected chi connectivity index (χ2v) is 18.5. The first-order chi connectivity index (χ1) is 26.0. The SMILES string of the molecule is C=C(CN1CCCCC1)C(=O)N1CC(S(=O)(=O)c2ccc(N3CC(CN4CCC(C(C#N)(c5cccc(F)c5)[C@H]5CCC[C@@H]5NC(=O)O)CC4)C3)cc2)C1. The number of anilines is 1. The number of piperidine rings is 2. The second-order valence-electron chi connectivity index (χ2n) is 16.2. The van der Waals surface area contributed by atoms with Crippen LogP contribution in [-0.4, -0.2) is 117 Å². The number of halogens is 1. The Labute approximate surface area is 318 Å². The van der Waals surface area contributed by atoms with E-state index in [2.05, 4.69) is 32.7 Å². The Bertz CT molecular complexity index is 1840. The Morgan fingerprint density at radius 1 is 0.926 bits per heavy atom. The summed E-state index contributed by atoms with van der Waals surface area (Å²) in [4.78, 5) is 33.4. The van der Waals surface area contributed by atoms with Crippen molar-refractivity contribution in [3.63, 3.8) is 0 Å². The summed E-state index contributed by atoms with van der Waals surface area (Å²) in [5, 5.41) is 22.5. The maximum absolute atomic E-state index is 14.6. The summed E-state index contributed by atoms with van der Waals surface area (Å²) in [6, 6.07) is 15.7. The molecule has 54 heavy (non-hydrogen) atoms. The van der Waals surface area contributed by atoms with Gasteiger partial charge in [-0.15, -0.1) is 0 Å². The lowest BCUT2D eigenvalue weighted by Gasteiger charge is -2.48. The zero-order valence-electron chi connectivity index (χ0n) is 31.0. The highest BCUT2D eigenvalue weighted by atomic mass is 32.2. The number of carboxylic acid groups (broad SMARTS) is 1. The highest BCUT2D eigenvalue weighted by Gasteiger charge is 2.53. The van der Waals surface area contributed by atoms with Crippen LogP contribution in [0.15, 0.2) is 65.6 Å². The lowest BCUT2D eigenvalue weighted by atomic mass is 9.59. The van der Waals surface area contributed by atoms with Crippen LogP contribution in [0.3, 0.4) is 0 Å². The summed E-state index contributed by atoms with van der Waals surface area (Å²) in [7, 11) is -3.56. The molecule has 2 aromatic carbocycles. The van der Waals surface area contributed by atoms with Crippen molar-refractivity contribution in [1.82, 2.24) is 20.0 Å². The first-order valence-corrected chi connectivity index (χ1v) is 21.2. The van der Waals surface area contributed by atoms with E-state index in [4.69, 9.17) is 0 Å². The number of carbonyl (C=O) groups is 2. The van der Waals surface area contributed by atoms with Gasteiger partial charge in [-0.25, -0.2) is 17.6 Å². The summed E-state index contributed by atoms with van der Waals surface area (Å²) in [5.41, 5.74) is 1.18. The molecule has 4 saturated heterocycles. The number of rotatable bonds is 12. The summed E-state index contributed by atoms with van der Waals surface area (Å²) in [6.45, 7) is 11.1. The van der Waals surface area contributed by atoms with Gasteiger partial charge in [0.1, 0.15) is 11.1 Å². The Morgan fingerprint density at radius 3 is 2.28 bits per heavy atom. The molecule has 4 aliphatic heterocycles. The molecule has 0 spiro atoms. The molecule has 4 heterocycles. The third-order valence-electron chi connectivity index (χ3n) is 12.9. The fourth-order valence-corrected chi connectivity index (χ4v) is 11.6. The van der Waals surface area contributed by atoms with E-state index in [0.29, 0.717) is 30.0 Å². The maximum Gasteiger partial charge on any atom is 0.404 e. The topological polar surface area (TPSA) is 137 Å². The molecule has 2 aromatic rings. The summed E-state index contributed by atoms with van der Waals surface area (Å²) in [6.07, 6.45) is 6.14. The number of hydrogen-bond acceptors (Lipinski definition) is 8. The van der Waals surface area contributed by atoms with Gasteiger partial charge in [0.15, 0.2) is 9.84 Å². The van der Waals surface area contributed by atoms with Gasteiger partial charge >= 0.3 is 6.09 Å². The molecular formula is C41H53FN6O5S. The molecule has 7 rings (SSSR count). The molecule has 1 saturated carbocycles. The van der Waals surface area contributed by atoms with Crippen LogP contribution in [0.2, 0.25) is 0 Å². The predicted molar refractivity (Wildman–Crippen MR) is 204 cm³/mol. The first-order valence-electron chi connectivity index (χ1n) is 19.7. The smallest absolute Gasteiger partial charge is 0.404 e. The number of nitriles is 1. The lowest BCUT2D eigenvalue weighted by molar-refractivity contribution is -0.130. The largest absolute Gasteiger partial charge is 0.465 e. The van der Waals surface area contributed by atoms with Gasteiger partial charge in [0, 0.05) is 68.4 Å². The quantitative estimate of drug-likeness (QED) is 0.290. The third-order valence-corrected chi connectivity index (χ3v) is 15.0. The minimum Gasteiger partial charge on any atom is -0.465 e. The molecule has 2 amide bonds. The Kier molecular flexibility index (Phi) is 11.3. The van der Waals surface area contributed by atoms with E-state index in [1.165, 1.54) is 18.6 Å². The van der Waals surface area contributed by atoms with E-state index < -0.39 is 26.6 Å². The number of likely N-dealkylation sites (tertiary alicyclic amines) is 3. The highest BCUT2D eigenvalue weighted by molar-refractivity contribution is 7.92. The van der Waals surface area contributed by atoms with Crippen LogP contribution in [0.25, 0.3) is 0 Å². The third kappa shape index (κ3) is 7.75. The molecule has 1 unspecified atom stereocenters. The Hall–Kier alpha value is -3.99.